The van der Waals surface area contributed by atoms with Crippen LogP contribution in [0.5, 0.6) is 0 Å². The van der Waals surface area contributed by atoms with Crippen molar-refractivity contribution in [3.8, 4) is 0 Å². The summed E-state index contributed by atoms with van der Waals surface area (Å²) < 4.78 is 0. The lowest BCUT2D eigenvalue weighted by Crippen LogP contribution is -2.31. The average Bonchev–Trinajstić information content (AvgIpc) is 2.73. The van der Waals surface area contributed by atoms with E-state index in [0.717, 1.165) is 18.2 Å². The molecule has 0 unspecified atom stereocenters. The molecular formula is C19H13N3O7. The first-order valence-corrected chi connectivity index (χ1v) is 8.22. The summed E-state index contributed by atoms with van der Waals surface area (Å²) in [6.45, 7) is 0. The molecule has 0 atom stereocenters. The second-order valence-corrected chi connectivity index (χ2v) is 6.03. The summed E-state index contributed by atoms with van der Waals surface area (Å²) in [4.78, 5) is 32.5. The number of nitrogens with zero attached hydrogens (tertiary/aromatic N) is 3. The van der Waals surface area contributed by atoms with Gasteiger partial charge in [0.1, 0.15) is 0 Å². The van der Waals surface area contributed by atoms with Gasteiger partial charge in [-0.15, -0.1) is 0 Å². The van der Waals surface area contributed by atoms with Gasteiger partial charge in [-0.2, -0.15) is 0 Å². The molecule has 0 spiro atoms. The number of rotatable bonds is 6. The molecule has 0 bridgehead atoms. The van der Waals surface area contributed by atoms with E-state index in [2.05, 4.69) is 0 Å². The van der Waals surface area contributed by atoms with E-state index in [1.165, 1.54) is 54.6 Å². The number of aliphatic hydroxyl groups is 1. The van der Waals surface area contributed by atoms with Crippen molar-refractivity contribution < 1.29 is 19.9 Å². The van der Waals surface area contributed by atoms with Crippen molar-refractivity contribution >= 4 is 17.1 Å². The Bertz CT molecular complexity index is 991. The largest absolute Gasteiger partial charge is 0.375 e. The summed E-state index contributed by atoms with van der Waals surface area (Å²) in [5, 5.41) is 46.6. The third kappa shape index (κ3) is 3.28. The molecule has 3 aromatic rings. The van der Waals surface area contributed by atoms with Gasteiger partial charge in [-0.1, -0.05) is 36.4 Å². The SMILES string of the molecule is O=[N+]([O-])c1ccccc1C(O)(c1ccccc1[N+](=O)[O-])c1ccccc1[N+](=O)[O-]. The number of nitro benzene ring substituents is 3. The van der Waals surface area contributed by atoms with Gasteiger partial charge in [-0.25, -0.2) is 0 Å². The molecule has 0 saturated carbocycles. The second-order valence-electron chi connectivity index (χ2n) is 6.03. The standard InChI is InChI=1S/C19H13N3O7/c23-19(13-7-1-4-10-16(13)20(24)25,14-8-2-5-11-17(14)21(26)27)15-9-3-6-12-18(15)22(28)29/h1-12,23H. The lowest BCUT2D eigenvalue weighted by molar-refractivity contribution is -0.389. The number of hydrogen-bond acceptors (Lipinski definition) is 7. The first-order valence-electron chi connectivity index (χ1n) is 8.22. The minimum atomic E-state index is -2.53. The fourth-order valence-electron chi connectivity index (χ4n) is 3.25. The molecule has 0 heterocycles. The van der Waals surface area contributed by atoms with Crippen LogP contribution >= 0.6 is 0 Å². The Kier molecular flexibility index (Phi) is 5.03. The molecule has 146 valence electrons. The molecule has 3 aromatic carbocycles. The van der Waals surface area contributed by atoms with Crippen LogP contribution in [0.1, 0.15) is 16.7 Å². The van der Waals surface area contributed by atoms with Crippen molar-refractivity contribution in [3.05, 3.63) is 120 Å². The second kappa shape index (κ2) is 7.44. The summed E-state index contributed by atoms with van der Waals surface area (Å²) in [5.74, 6) is 0. The maximum atomic E-state index is 11.8. The highest BCUT2D eigenvalue weighted by atomic mass is 16.6. The van der Waals surface area contributed by atoms with Crippen molar-refractivity contribution in [1.82, 2.24) is 0 Å². The van der Waals surface area contributed by atoms with Crippen molar-refractivity contribution in [1.29, 1.82) is 0 Å². The van der Waals surface area contributed by atoms with Gasteiger partial charge in [0.15, 0.2) is 5.60 Å². The normalized spacial score (nSPS) is 11.1. The van der Waals surface area contributed by atoms with Gasteiger partial charge in [0.25, 0.3) is 17.1 Å². The van der Waals surface area contributed by atoms with E-state index in [-0.39, 0.29) is 16.7 Å². The van der Waals surface area contributed by atoms with Crippen LogP contribution in [0.4, 0.5) is 17.1 Å². The molecule has 10 nitrogen and oxygen atoms in total. The van der Waals surface area contributed by atoms with Crippen LogP contribution in [0.3, 0.4) is 0 Å². The first-order chi connectivity index (χ1) is 13.8. The lowest BCUT2D eigenvalue weighted by Gasteiger charge is -2.28. The molecule has 0 aliphatic rings. The van der Waals surface area contributed by atoms with Gasteiger partial charge in [-0.05, 0) is 18.2 Å². The van der Waals surface area contributed by atoms with Crippen molar-refractivity contribution in [2.24, 2.45) is 0 Å². The minimum Gasteiger partial charge on any atom is -0.375 e. The molecule has 0 saturated heterocycles. The van der Waals surface area contributed by atoms with Crippen molar-refractivity contribution in [2.75, 3.05) is 0 Å². The third-order valence-corrected chi connectivity index (χ3v) is 4.47. The van der Waals surface area contributed by atoms with Crippen LogP contribution < -0.4 is 0 Å². The van der Waals surface area contributed by atoms with Crippen LogP contribution in [0.25, 0.3) is 0 Å². The van der Waals surface area contributed by atoms with Crippen LogP contribution in [0.15, 0.2) is 72.8 Å². The fourth-order valence-corrected chi connectivity index (χ4v) is 3.25. The lowest BCUT2D eigenvalue weighted by atomic mass is 9.78. The van der Waals surface area contributed by atoms with E-state index in [0.29, 0.717) is 0 Å². The average molecular weight is 395 g/mol. The zero-order chi connectivity index (χ0) is 21.2. The van der Waals surface area contributed by atoms with E-state index in [9.17, 15) is 35.4 Å². The third-order valence-electron chi connectivity index (χ3n) is 4.47. The predicted molar refractivity (Wildman–Crippen MR) is 101 cm³/mol. The minimum absolute atomic E-state index is 0.325. The van der Waals surface area contributed by atoms with Crippen LogP contribution in [0.2, 0.25) is 0 Å². The number of hydrogen-bond donors (Lipinski definition) is 1. The molecule has 0 aliphatic heterocycles. The van der Waals surface area contributed by atoms with Gasteiger partial charge in [0, 0.05) is 18.2 Å². The highest BCUT2D eigenvalue weighted by Crippen LogP contribution is 2.46. The number of para-hydroxylation sites is 3. The summed E-state index contributed by atoms with van der Waals surface area (Å²) in [6.07, 6.45) is 0. The molecule has 3 rings (SSSR count). The number of nitro groups is 3. The van der Waals surface area contributed by atoms with E-state index >= 15 is 0 Å². The van der Waals surface area contributed by atoms with E-state index in [1.54, 1.807) is 0 Å². The van der Waals surface area contributed by atoms with Crippen molar-refractivity contribution in [2.45, 2.75) is 5.60 Å². The van der Waals surface area contributed by atoms with E-state index in [4.69, 9.17) is 0 Å². The van der Waals surface area contributed by atoms with Crippen LogP contribution in [0, 0.1) is 30.3 Å². The highest BCUT2D eigenvalue weighted by Gasteiger charge is 2.46. The molecule has 0 radical (unpaired) electrons. The quantitative estimate of drug-likeness (QED) is 0.380. The molecule has 1 N–H and O–H groups in total. The maximum Gasteiger partial charge on any atom is 0.276 e. The first kappa shape index (κ1) is 19.6. The predicted octanol–water partition coefficient (Wildman–Crippen LogP) is 3.70. The van der Waals surface area contributed by atoms with Crippen molar-refractivity contribution in [3.63, 3.8) is 0 Å². The van der Waals surface area contributed by atoms with Gasteiger partial charge in [-0.3, -0.25) is 30.3 Å². The van der Waals surface area contributed by atoms with Gasteiger partial charge < -0.3 is 5.11 Å². The summed E-state index contributed by atoms with van der Waals surface area (Å²) in [6, 6.07) is 15.3. The Morgan fingerprint density at radius 3 is 1.03 bits per heavy atom. The molecule has 0 fully saturated rings. The molecule has 29 heavy (non-hydrogen) atoms. The summed E-state index contributed by atoms with van der Waals surface area (Å²) >= 11 is 0. The molecule has 0 aromatic heterocycles. The van der Waals surface area contributed by atoms with Gasteiger partial charge in [0.2, 0.25) is 0 Å². The smallest absolute Gasteiger partial charge is 0.276 e. The molecular weight excluding hydrogens is 382 g/mol. The highest BCUT2D eigenvalue weighted by molar-refractivity contribution is 5.63. The summed E-state index contributed by atoms with van der Waals surface area (Å²) in [5.41, 5.74) is -5.11. The van der Waals surface area contributed by atoms with E-state index in [1.807, 2.05) is 0 Å². The summed E-state index contributed by atoms with van der Waals surface area (Å²) in [7, 11) is 0. The Hall–Kier alpha value is -4.18. The molecule has 0 amide bonds. The van der Waals surface area contributed by atoms with Gasteiger partial charge in [0.05, 0.1) is 31.5 Å². The Labute approximate surface area is 163 Å². The Morgan fingerprint density at radius 1 is 0.552 bits per heavy atom. The van der Waals surface area contributed by atoms with E-state index < -0.39 is 37.4 Å². The topological polar surface area (TPSA) is 150 Å². The zero-order valence-electron chi connectivity index (χ0n) is 14.7. The Balaban J connectivity index is 2.51. The fraction of sp³-hybridized carbons (Fsp3) is 0.0526. The zero-order valence-corrected chi connectivity index (χ0v) is 14.7. The Morgan fingerprint density at radius 2 is 0.793 bits per heavy atom. The number of benzene rings is 3. The molecule has 10 heteroatoms. The van der Waals surface area contributed by atoms with Crippen LogP contribution in [-0.4, -0.2) is 19.9 Å². The van der Waals surface area contributed by atoms with Crippen LogP contribution in [-0.2, 0) is 5.60 Å². The maximum absolute atomic E-state index is 11.8. The van der Waals surface area contributed by atoms with Gasteiger partial charge >= 0.3 is 0 Å². The monoisotopic (exact) mass is 395 g/mol. The molecule has 0 aliphatic carbocycles.